The highest BCUT2D eigenvalue weighted by molar-refractivity contribution is 7.71. The van der Waals surface area contributed by atoms with E-state index in [0.29, 0.717) is 4.77 Å². The van der Waals surface area contributed by atoms with Crippen LogP contribution in [0.2, 0.25) is 0 Å². The molecule has 0 aliphatic heterocycles. The molecule has 1 unspecified atom stereocenters. The van der Waals surface area contributed by atoms with Gasteiger partial charge in [0.1, 0.15) is 5.82 Å². The number of nitrogens with zero attached hydrogens (tertiary/aromatic N) is 1. The van der Waals surface area contributed by atoms with Crippen LogP contribution in [0.25, 0.3) is 11.0 Å². The number of aromatic nitrogens is 2. The fourth-order valence-corrected chi connectivity index (χ4v) is 3.58. The number of rotatable bonds is 2. The van der Waals surface area contributed by atoms with Crippen molar-refractivity contribution >= 4 is 34.6 Å². The minimum atomic E-state index is -0.254. The third-order valence-corrected chi connectivity index (χ3v) is 4.71. The third kappa shape index (κ3) is 2.13. The van der Waals surface area contributed by atoms with E-state index in [1.165, 1.54) is 21.9 Å². The molecule has 2 aromatic heterocycles. The first kappa shape index (κ1) is 12.6. The number of aromatic amines is 1. The topological polar surface area (TPSA) is 20.7 Å². The second-order valence-corrected chi connectivity index (χ2v) is 6.29. The summed E-state index contributed by atoms with van der Waals surface area (Å²) >= 11 is 7.13. The van der Waals surface area contributed by atoms with Gasteiger partial charge >= 0.3 is 0 Å². The molecule has 0 aliphatic rings. The van der Waals surface area contributed by atoms with Crippen molar-refractivity contribution in [3.05, 3.63) is 50.7 Å². The summed E-state index contributed by atoms with van der Waals surface area (Å²) in [6.07, 6.45) is 0. The van der Waals surface area contributed by atoms with Crippen LogP contribution >= 0.6 is 23.6 Å². The fraction of sp³-hybridized carbons (Fsp3) is 0.214. The van der Waals surface area contributed by atoms with Crippen LogP contribution < -0.4 is 0 Å². The van der Waals surface area contributed by atoms with Gasteiger partial charge in [0.25, 0.3) is 0 Å². The Morgan fingerprint density at radius 2 is 2.11 bits per heavy atom. The quantitative estimate of drug-likeness (QED) is 0.672. The highest BCUT2D eigenvalue weighted by Gasteiger charge is 2.14. The zero-order chi connectivity index (χ0) is 13.6. The zero-order valence-electron chi connectivity index (χ0n) is 10.6. The number of thiophene rings is 1. The number of H-pyrrole nitrogens is 1. The summed E-state index contributed by atoms with van der Waals surface area (Å²) in [5.41, 5.74) is 1.68. The van der Waals surface area contributed by atoms with Crippen LogP contribution in [-0.2, 0) is 0 Å². The van der Waals surface area contributed by atoms with Gasteiger partial charge in [-0.3, -0.25) is 0 Å². The van der Waals surface area contributed by atoms with Gasteiger partial charge in [-0.25, -0.2) is 4.39 Å². The Balaban J connectivity index is 2.19. The molecule has 1 aromatic carbocycles. The minimum Gasteiger partial charge on any atom is -0.330 e. The SMILES string of the molecule is Cc1ccc(C(C)n2c(=S)[nH]c3cc(F)ccc32)s1. The maximum Gasteiger partial charge on any atom is 0.178 e. The fourth-order valence-electron chi connectivity index (χ4n) is 2.29. The van der Waals surface area contributed by atoms with Gasteiger partial charge in [0.05, 0.1) is 17.1 Å². The van der Waals surface area contributed by atoms with Gasteiger partial charge < -0.3 is 9.55 Å². The van der Waals surface area contributed by atoms with E-state index in [1.54, 1.807) is 17.4 Å². The van der Waals surface area contributed by atoms with E-state index >= 15 is 0 Å². The largest absolute Gasteiger partial charge is 0.330 e. The van der Waals surface area contributed by atoms with Crippen LogP contribution in [0.15, 0.2) is 30.3 Å². The maximum absolute atomic E-state index is 13.2. The molecule has 0 amide bonds. The molecule has 3 rings (SSSR count). The molecular weight excluding hydrogens is 279 g/mol. The predicted molar refractivity (Wildman–Crippen MR) is 79.9 cm³/mol. The van der Waals surface area contributed by atoms with Crippen molar-refractivity contribution in [1.82, 2.24) is 9.55 Å². The third-order valence-electron chi connectivity index (χ3n) is 3.24. The summed E-state index contributed by atoms with van der Waals surface area (Å²) in [7, 11) is 0. The first-order valence-corrected chi connectivity index (χ1v) is 7.25. The van der Waals surface area contributed by atoms with E-state index in [-0.39, 0.29) is 11.9 Å². The zero-order valence-corrected chi connectivity index (χ0v) is 12.2. The Morgan fingerprint density at radius 1 is 1.32 bits per heavy atom. The average molecular weight is 292 g/mol. The van der Waals surface area contributed by atoms with Crippen molar-refractivity contribution in [3.8, 4) is 0 Å². The molecule has 0 bridgehead atoms. The Morgan fingerprint density at radius 3 is 2.79 bits per heavy atom. The summed E-state index contributed by atoms with van der Waals surface area (Å²) < 4.78 is 15.9. The number of hydrogen-bond acceptors (Lipinski definition) is 2. The lowest BCUT2D eigenvalue weighted by Gasteiger charge is -2.12. The summed E-state index contributed by atoms with van der Waals surface area (Å²) in [5.74, 6) is -0.254. The van der Waals surface area contributed by atoms with Crippen molar-refractivity contribution in [2.45, 2.75) is 19.9 Å². The number of halogens is 1. The van der Waals surface area contributed by atoms with Crippen molar-refractivity contribution in [2.24, 2.45) is 0 Å². The Labute approximate surface area is 119 Å². The average Bonchev–Trinajstić information content (AvgIpc) is 2.91. The lowest BCUT2D eigenvalue weighted by atomic mass is 10.2. The number of hydrogen-bond donors (Lipinski definition) is 1. The standard InChI is InChI=1S/C14H13FN2S2/c1-8-3-6-13(19-8)9(2)17-12-5-4-10(15)7-11(12)16-14(17)18/h3-7,9H,1-2H3,(H,16,18). The predicted octanol–water partition coefficient (Wildman–Crippen LogP) is 4.82. The Kier molecular flexibility index (Phi) is 3.03. The molecule has 1 atom stereocenters. The highest BCUT2D eigenvalue weighted by Crippen LogP contribution is 2.29. The monoisotopic (exact) mass is 292 g/mol. The van der Waals surface area contributed by atoms with Gasteiger partial charge in [0.2, 0.25) is 0 Å². The summed E-state index contributed by atoms with van der Waals surface area (Å²) in [6, 6.07) is 9.09. The van der Waals surface area contributed by atoms with Crippen molar-refractivity contribution in [2.75, 3.05) is 0 Å². The molecule has 0 spiro atoms. The van der Waals surface area contributed by atoms with Crippen LogP contribution in [0.3, 0.4) is 0 Å². The molecule has 0 aliphatic carbocycles. The van der Waals surface area contributed by atoms with Gasteiger partial charge in [-0.2, -0.15) is 0 Å². The van der Waals surface area contributed by atoms with Crippen LogP contribution in [0.5, 0.6) is 0 Å². The van der Waals surface area contributed by atoms with Gasteiger partial charge in [-0.1, -0.05) is 0 Å². The molecule has 1 N–H and O–H groups in total. The Hall–Kier alpha value is -1.46. The van der Waals surface area contributed by atoms with Gasteiger partial charge in [0.15, 0.2) is 4.77 Å². The lowest BCUT2D eigenvalue weighted by Crippen LogP contribution is -2.04. The van der Waals surface area contributed by atoms with E-state index < -0.39 is 0 Å². The number of aryl methyl sites for hydroxylation is 1. The normalized spacial score (nSPS) is 13.0. The van der Waals surface area contributed by atoms with Crippen molar-refractivity contribution in [3.63, 3.8) is 0 Å². The first-order chi connectivity index (χ1) is 9.06. The van der Waals surface area contributed by atoms with Crippen LogP contribution in [0.4, 0.5) is 4.39 Å². The number of nitrogens with one attached hydrogen (secondary N) is 1. The van der Waals surface area contributed by atoms with E-state index in [9.17, 15) is 4.39 Å². The molecule has 2 nitrogen and oxygen atoms in total. The van der Waals surface area contributed by atoms with Crippen LogP contribution in [0.1, 0.15) is 22.7 Å². The number of benzene rings is 1. The van der Waals surface area contributed by atoms with E-state index in [1.807, 2.05) is 4.57 Å². The summed E-state index contributed by atoms with van der Waals surface area (Å²) in [5, 5.41) is 0. The molecule has 3 aromatic rings. The molecule has 19 heavy (non-hydrogen) atoms. The Bertz CT molecular complexity index is 797. The number of fused-ring (bicyclic) bond motifs is 1. The minimum absolute atomic E-state index is 0.144. The van der Waals surface area contributed by atoms with Gasteiger partial charge in [-0.15, -0.1) is 11.3 Å². The smallest absolute Gasteiger partial charge is 0.178 e. The van der Waals surface area contributed by atoms with E-state index in [4.69, 9.17) is 12.2 Å². The highest BCUT2D eigenvalue weighted by atomic mass is 32.1. The molecule has 5 heteroatoms. The summed E-state index contributed by atoms with van der Waals surface area (Å²) in [6.45, 7) is 4.20. The molecule has 0 saturated carbocycles. The van der Waals surface area contributed by atoms with E-state index in [0.717, 1.165) is 11.0 Å². The van der Waals surface area contributed by atoms with Crippen molar-refractivity contribution < 1.29 is 4.39 Å². The summed E-state index contributed by atoms with van der Waals surface area (Å²) in [4.78, 5) is 5.59. The lowest BCUT2D eigenvalue weighted by molar-refractivity contribution is 0.628. The number of imidazole rings is 1. The maximum atomic E-state index is 13.2. The molecule has 0 fully saturated rings. The molecule has 0 radical (unpaired) electrons. The van der Waals surface area contributed by atoms with Gasteiger partial charge in [0, 0.05) is 9.75 Å². The molecule has 0 saturated heterocycles. The molecular formula is C14H13FN2S2. The van der Waals surface area contributed by atoms with Crippen LogP contribution in [0, 0.1) is 17.5 Å². The molecule has 2 heterocycles. The first-order valence-electron chi connectivity index (χ1n) is 6.02. The second kappa shape index (κ2) is 4.58. The second-order valence-electron chi connectivity index (χ2n) is 4.59. The molecule has 98 valence electrons. The van der Waals surface area contributed by atoms with Crippen LogP contribution in [-0.4, -0.2) is 9.55 Å². The van der Waals surface area contributed by atoms with Crippen molar-refractivity contribution in [1.29, 1.82) is 0 Å². The van der Waals surface area contributed by atoms with Gasteiger partial charge in [-0.05, 0) is 56.4 Å². The van der Waals surface area contributed by atoms with E-state index in [2.05, 4.69) is 31.0 Å².